The molecule has 2 N–H and O–H groups in total. The molecule has 0 atom stereocenters. The number of sulfonamides is 1. The summed E-state index contributed by atoms with van der Waals surface area (Å²) < 4.78 is 27.1. The molecular formula is C16H20N2O2S. The van der Waals surface area contributed by atoms with Crippen LogP contribution in [0.3, 0.4) is 0 Å². The van der Waals surface area contributed by atoms with E-state index in [2.05, 4.69) is 0 Å². The molecule has 2 aromatic rings. The number of rotatable bonds is 3. The Morgan fingerprint density at radius 3 is 2.33 bits per heavy atom. The average molecular weight is 304 g/mol. The number of hydrogen-bond acceptors (Lipinski definition) is 3. The molecule has 2 aromatic carbocycles. The van der Waals surface area contributed by atoms with E-state index in [4.69, 9.17) is 5.73 Å². The van der Waals surface area contributed by atoms with E-state index < -0.39 is 10.0 Å². The molecule has 0 amide bonds. The first-order chi connectivity index (χ1) is 9.75. The van der Waals surface area contributed by atoms with Crippen LogP contribution in [0.15, 0.2) is 41.3 Å². The van der Waals surface area contributed by atoms with Gasteiger partial charge >= 0.3 is 0 Å². The van der Waals surface area contributed by atoms with Crippen LogP contribution in [0.4, 0.5) is 11.4 Å². The van der Waals surface area contributed by atoms with E-state index in [1.807, 2.05) is 25.1 Å². The monoisotopic (exact) mass is 304 g/mol. The zero-order valence-corrected chi connectivity index (χ0v) is 13.5. The molecule has 0 aliphatic heterocycles. The quantitative estimate of drug-likeness (QED) is 0.887. The largest absolute Gasteiger partial charge is 0.398 e. The van der Waals surface area contributed by atoms with E-state index in [1.54, 1.807) is 39.1 Å². The number of nitrogens with two attached hydrogens (primary N) is 1. The molecule has 0 unspecified atom stereocenters. The fourth-order valence-corrected chi connectivity index (χ4v) is 3.98. The molecular weight excluding hydrogens is 284 g/mol. The van der Waals surface area contributed by atoms with Gasteiger partial charge in [-0.2, -0.15) is 0 Å². The van der Waals surface area contributed by atoms with Crippen LogP contribution < -0.4 is 10.0 Å². The second kappa shape index (κ2) is 5.41. The molecule has 0 bridgehead atoms. The molecule has 0 aromatic heterocycles. The molecule has 0 saturated heterocycles. The minimum absolute atomic E-state index is 0.284. The number of nitrogens with zero attached hydrogens (tertiary/aromatic N) is 1. The van der Waals surface area contributed by atoms with Crippen molar-refractivity contribution in [2.24, 2.45) is 0 Å². The maximum Gasteiger partial charge on any atom is 0.264 e. The summed E-state index contributed by atoms with van der Waals surface area (Å²) in [5, 5.41) is 0. The molecule has 2 rings (SSSR count). The molecule has 0 radical (unpaired) electrons. The fourth-order valence-electron chi connectivity index (χ4n) is 2.34. The van der Waals surface area contributed by atoms with Crippen LogP contribution in [0, 0.1) is 20.8 Å². The van der Waals surface area contributed by atoms with Gasteiger partial charge in [-0.25, -0.2) is 8.42 Å². The van der Waals surface area contributed by atoms with Gasteiger partial charge in [0.15, 0.2) is 0 Å². The summed E-state index contributed by atoms with van der Waals surface area (Å²) >= 11 is 0. The third kappa shape index (κ3) is 2.74. The average Bonchev–Trinajstić information content (AvgIpc) is 2.42. The number of anilines is 2. The van der Waals surface area contributed by atoms with Crippen molar-refractivity contribution < 1.29 is 8.42 Å². The number of aryl methyl sites for hydroxylation is 2. The fraction of sp³-hybridized carbons (Fsp3) is 0.250. The third-order valence-electron chi connectivity index (χ3n) is 3.63. The van der Waals surface area contributed by atoms with Gasteiger partial charge in [-0.15, -0.1) is 0 Å². The SMILES string of the molecule is Cc1cccc(N(C)S(=O)(=O)c2c(C)ccc(N)c2C)c1. The molecule has 0 aliphatic carbocycles. The molecule has 0 aliphatic rings. The van der Waals surface area contributed by atoms with E-state index in [1.165, 1.54) is 4.31 Å². The van der Waals surface area contributed by atoms with Gasteiger partial charge in [0.25, 0.3) is 10.0 Å². The van der Waals surface area contributed by atoms with Crippen molar-refractivity contribution in [1.29, 1.82) is 0 Å². The lowest BCUT2D eigenvalue weighted by Gasteiger charge is -2.22. The summed E-state index contributed by atoms with van der Waals surface area (Å²) in [6.45, 7) is 5.45. The summed E-state index contributed by atoms with van der Waals surface area (Å²) in [5.41, 5.74) is 9.28. The van der Waals surface area contributed by atoms with Crippen LogP contribution in [0.5, 0.6) is 0 Å². The molecule has 21 heavy (non-hydrogen) atoms. The predicted octanol–water partition coefficient (Wildman–Crippen LogP) is 3.02. The van der Waals surface area contributed by atoms with Gasteiger partial charge in [0.05, 0.1) is 10.6 Å². The Balaban J connectivity index is 2.60. The van der Waals surface area contributed by atoms with E-state index >= 15 is 0 Å². The maximum absolute atomic E-state index is 12.9. The van der Waals surface area contributed by atoms with Crippen molar-refractivity contribution in [3.63, 3.8) is 0 Å². The molecule has 0 fully saturated rings. The van der Waals surface area contributed by atoms with Gasteiger partial charge < -0.3 is 5.73 Å². The van der Waals surface area contributed by atoms with Gasteiger partial charge in [0.2, 0.25) is 0 Å². The highest BCUT2D eigenvalue weighted by Crippen LogP contribution is 2.29. The first kappa shape index (κ1) is 15.4. The minimum atomic E-state index is -3.64. The smallest absolute Gasteiger partial charge is 0.264 e. The van der Waals surface area contributed by atoms with Gasteiger partial charge in [-0.1, -0.05) is 18.2 Å². The highest BCUT2D eigenvalue weighted by molar-refractivity contribution is 7.93. The van der Waals surface area contributed by atoms with E-state index in [-0.39, 0.29) is 4.90 Å². The second-order valence-electron chi connectivity index (χ2n) is 5.24. The van der Waals surface area contributed by atoms with Gasteiger partial charge in [-0.3, -0.25) is 4.31 Å². The van der Waals surface area contributed by atoms with E-state index in [0.29, 0.717) is 22.5 Å². The summed E-state index contributed by atoms with van der Waals surface area (Å²) in [4.78, 5) is 0.284. The van der Waals surface area contributed by atoms with Crippen LogP contribution in [0.2, 0.25) is 0 Å². The Kier molecular flexibility index (Phi) is 3.96. The van der Waals surface area contributed by atoms with Crippen molar-refractivity contribution in [1.82, 2.24) is 0 Å². The first-order valence-corrected chi connectivity index (χ1v) is 8.10. The van der Waals surface area contributed by atoms with Crippen LogP contribution in [-0.2, 0) is 10.0 Å². The predicted molar refractivity (Wildman–Crippen MR) is 87.1 cm³/mol. The van der Waals surface area contributed by atoms with Gasteiger partial charge in [0.1, 0.15) is 0 Å². The maximum atomic E-state index is 12.9. The summed E-state index contributed by atoms with van der Waals surface area (Å²) in [5.74, 6) is 0. The topological polar surface area (TPSA) is 63.4 Å². The second-order valence-corrected chi connectivity index (χ2v) is 7.14. The Morgan fingerprint density at radius 1 is 1.05 bits per heavy atom. The van der Waals surface area contributed by atoms with Crippen molar-refractivity contribution in [3.8, 4) is 0 Å². The van der Waals surface area contributed by atoms with E-state index in [9.17, 15) is 8.42 Å². The van der Waals surface area contributed by atoms with Crippen LogP contribution in [-0.4, -0.2) is 15.5 Å². The van der Waals surface area contributed by atoms with Crippen molar-refractivity contribution in [2.75, 3.05) is 17.1 Å². The number of hydrogen-bond donors (Lipinski definition) is 1. The Hall–Kier alpha value is -2.01. The Labute approximate surface area is 126 Å². The first-order valence-electron chi connectivity index (χ1n) is 6.66. The highest BCUT2D eigenvalue weighted by Gasteiger charge is 2.26. The van der Waals surface area contributed by atoms with Crippen LogP contribution >= 0.6 is 0 Å². The molecule has 5 heteroatoms. The van der Waals surface area contributed by atoms with Crippen molar-refractivity contribution in [3.05, 3.63) is 53.1 Å². The lowest BCUT2D eigenvalue weighted by atomic mass is 10.1. The zero-order chi connectivity index (χ0) is 15.8. The molecule has 4 nitrogen and oxygen atoms in total. The minimum Gasteiger partial charge on any atom is -0.398 e. The zero-order valence-electron chi connectivity index (χ0n) is 12.7. The third-order valence-corrected chi connectivity index (χ3v) is 5.70. The van der Waals surface area contributed by atoms with Crippen molar-refractivity contribution >= 4 is 21.4 Å². The molecule has 112 valence electrons. The normalized spacial score (nSPS) is 11.4. The van der Waals surface area contributed by atoms with E-state index in [0.717, 1.165) is 5.56 Å². The highest BCUT2D eigenvalue weighted by atomic mass is 32.2. The summed E-state index contributed by atoms with van der Waals surface area (Å²) in [6, 6.07) is 10.9. The molecule has 0 saturated carbocycles. The lowest BCUT2D eigenvalue weighted by Crippen LogP contribution is -2.28. The number of benzene rings is 2. The molecule has 0 spiro atoms. The Morgan fingerprint density at radius 2 is 1.71 bits per heavy atom. The van der Waals surface area contributed by atoms with Gasteiger partial charge in [-0.05, 0) is 55.7 Å². The summed E-state index contributed by atoms with van der Waals surface area (Å²) in [6.07, 6.45) is 0. The number of nitrogen functional groups attached to an aromatic ring is 1. The Bertz CT molecular complexity index is 783. The summed E-state index contributed by atoms with van der Waals surface area (Å²) in [7, 11) is -2.08. The van der Waals surface area contributed by atoms with Crippen molar-refractivity contribution in [2.45, 2.75) is 25.7 Å². The lowest BCUT2D eigenvalue weighted by molar-refractivity contribution is 0.593. The van der Waals surface area contributed by atoms with Crippen LogP contribution in [0.25, 0.3) is 0 Å². The van der Waals surface area contributed by atoms with Gasteiger partial charge in [0, 0.05) is 12.7 Å². The van der Waals surface area contributed by atoms with Crippen LogP contribution in [0.1, 0.15) is 16.7 Å². The standard InChI is InChI=1S/C16H20N2O2S/c1-11-6-5-7-14(10-11)18(4)21(19,20)16-12(2)8-9-15(17)13(16)3/h5-10H,17H2,1-4H3. The molecule has 0 heterocycles.